The van der Waals surface area contributed by atoms with Gasteiger partial charge in [0.05, 0.1) is 24.2 Å². The third kappa shape index (κ3) is 2.74. The molecule has 0 aliphatic carbocycles. The predicted molar refractivity (Wildman–Crippen MR) is 96.1 cm³/mol. The molecule has 0 saturated heterocycles. The van der Waals surface area contributed by atoms with E-state index in [9.17, 15) is 4.79 Å². The first kappa shape index (κ1) is 16.0. The molecule has 1 aromatic heterocycles. The number of carbonyl (C=O) groups is 1. The van der Waals surface area contributed by atoms with Crippen molar-refractivity contribution in [3.63, 3.8) is 0 Å². The van der Waals surface area contributed by atoms with E-state index in [1.54, 1.807) is 29.2 Å². The third-order valence-corrected chi connectivity index (χ3v) is 4.58. The highest BCUT2D eigenvalue weighted by molar-refractivity contribution is 5.94. The van der Waals surface area contributed by atoms with E-state index >= 15 is 0 Å². The number of benzene rings is 2. The molecule has 0 spiro atoms. The molecule has 2 aromatic carbocycles. The summed E-state index contributed by atoms with van der Waals surface area (Å²) in [5.41, 5.74) is 2.02. The Morgan fingerprint density at radius 2 is 1.96 bits per heavy atom. The minimum atomic E-state index is -0.0931. The summed E-state index contributed by atoms with van der Waals surface area (Å²) in [6.07, 6.45) is 0. The Kier molecular flexibility index (Phi) is 3.98. The standard InChI is InChI=1S/C20H17N5O/c1-14-12-24(20(26)17-9-5-6-15(10-17)11-21)13-18-22-23-19(25(14)18)16-7-3-2-4-8-16/h2-10,14H,12-13H2,1H3/t14-/m0/s1. The molecule has 0 unspecified atom stereocenters. The molecule has 0 bridgehead atoms. The van der Waals surface area contributed by atoms with Gasteiger partial charge in [-0.25, -0.2) is 0 Å². The topological polar surface area (TPSA) is 74.8 Å². The second-order valence-corrected chi connectivity index (χ2v) is 6.40. The maximum absolute atomic E-state index is 12.9. The van der Waals surface area contributed by atoms with Gasteiger partial charge in [0.25, 0.3) is 5.91 Å². The Hall–Kier alpha value is -3.46. The maximum Gasteiger partial charge on any atom is 0.254 e. The minimum Gasteiger partial charge on any atom is -0.329 e. The Bertz CT molecular complexity index is 1000. The van der Waals surface area contributed by atoms with Gasteiger partial charge in [-0.2, -0.15) is 5.26 Å². The zero-order valence-corrected chi connectivity index (χ0v) is 14.3. The van der Waals surface area contributed by atoms with Crippen LogP contribution in [-0.4, -0.2) is 32.1 Å². The highest BCUT2D eigenvalue weighted by atomic mass is 16.2. The highest BCUT2D eigenvalue weighted by Gasteiger charge is 2.30. The van der Waals surface area contributed by atoms with E-state index in [-0.39, 0.29) is 11.9 Å². The van der Waals surface area contributed by atoms with Gasteiger partial charge in [-0.15, -0.1) is 10.2 Å². The lowest BCUT2D eigenvalue weighted by Crippen LogP contribution is -2.40. The van der Waals surface area contributed by atoms with Crippen LogP contribution in [0.25, 0.3) is 11.4 Å². The molecule has 0 fully saturated rings. The molecule has 0 N–H and O–H groups in total. The molecule has 0 radical (unpaired) electrons. The Balaban J connectivity index is 1.64. The van der Waals surface area contributed by atoms with Crippen molar-refractivity contribution in [2.75, 3.05) is 6.54 Å². The number of hydrogen-bond donors (Lipinski definition) is 0. The summed E-state index contributed by atoms with van der Waals surface area (Å²) in [5.74, 6) is 1.50. The quantitative estimate of drug-likeness (QED) is 0.717. The van der Waals surface area contributed by atoms with Crippen LogP contribution in [0.15, 0.2) is 54.6 Å². The lowest BCUT2D eigenvalue weighted by Gasteiger charge is -2.32. The number of hydrogen-bond acceptors (Lipinski definition) is 4. The molecule has 0 saturated carbocycles. The predicted octanol–water partition coefficient (Wildman–Crippen LogP) is 3.03. The molecule has 128 valence electrons. The van der Waals surface area contributed by atoms with Gasteiger partial charge in [-0.1, -0.05) is 36.4 Å². The molecular formula is C20H17N5O. The van der Waals surface area contributed by atoms with Gasteiger partial charge in [-0.3, -0.25) is 4.79 Å². The van der Waals surface area contributed by atoms with Crippen molar-refractivity contribution in [3.05, 3.63) is 71.5 Å². The summed E-state index contributed by atoms with van der Waals surface area (Å²) in [6.45, 7) is 3.03. The van der Waals surface area contributed by atoms with Crippen molar-refractivity contribution in [2.24, 2.45) is 0 Å². The van der Waals surface area contributed by atoms with Crippen LogP contribution in [0, 0.1) is 11.3 Å². The third-order valence-electron chi connectivity index (χ3n) is 4.58. The smallest absolute Gasteiger partial charge is 0.254 e. The zero-order chi connectivity index (χ0) is 18.1. The lowest BCUT2D eigenvalue weighted by atomic mass is 10.1. The van der Waals surface area contributed by atoms with Crippen LogP contribution >= 0.6 is 0 Å². The summed E-state index contributed by atoms with van der Waals surface area (Å²) < 4.78 is 2.10. The normalized spacial score (nSPS) is 16.0. The fourth-order valence-corrected chi connectivity index (χ4v) is 3.37. The monoisotopic (exact) mass is 343 g/mol. The fraction of sp³-hybridized carbons (Fsp3) is 0.200. The molecule has 6 heteroatoms. The number of carbonyl (C=O) groups excluding carboxylic acids is 1. The number of amides is 1. The maximum atomic E-state index is 12.9. The number of rotatable bonds is 2. The Labute approximate surface area is 151 Å². The molecule has 1 aliphatic rings. The molecule has 1 aliphatic heterocycles. The second kappa shape index (κ2) is 6.45. The van der Waals surface area contributed by atoms with Crippen molar-refractivity contribution < 1.29 is 4.79 Å². The molecule has 2 heterocycles. The average molecular weight is 343 g/mol. The first-order valence-electron chi connectivity index (χ1n) is 8.46. The van der Waals surface area contributed by atoms with Gasteiger partial charge >= 0.3 is 0 Å². The minimum absolute atomic E-state index is 0.0621. The average Bonchev–Trinajstić information content (AvgIpc) is 3.13. The number of fused-ring (bicyclic) bond motifs is 1. The molecule has 6 nitrogen and oxygen atoms in total. The lowest BCUT2D eigenvalue weighted by molar-refractivity contribution is 0.0682. The van der Waals surface area contributed by atoms with Crippen molar-refractivity contribution in [1.29, 1.82) is 5.26 Å². The Morgan fingerprint density at radius 1 is 1.15 bits per heavy atom. The molecule has 1 atom stereocenters. The number of aromatic nitrogens is 3. The summed E-state index contributed by atoms with van der Waals surface area (Å²) in [5, 5.41) is 17.7. The van der Waals surface area contributed by atoms with Crippen molar-refractivity contribution >= 4 is 5.91 Å². The zero-order valence-electron chi connectivity index (χ0n) is 14.3. The van der Waals surface area contributed by atoms with Crippen LogP contribution in [0.1, 0.15) is 34.7 Å². The molecular weight excluding hydrogens is 326 g/mol. The van der Waals surface area contributed by atoms with Crippen LogP contribution in [0.4, 0.5) is 0 Å². The van der Waals surface area contributed by atoms with Crippen molar-refractivity contribution in [2.45, 2.75) is 19.5 Å². The second-order valence-electron chi connectivity index (χ2n) is 6.40. The van der Waals surface area contributed by atoms with Crippen LogP contribution in [-0.2, 0) is 6.54 Å². The first-order valence-corrected chi connectivity index (χ1v) is 8.46. The molecule has 1 amide bonds. The van der Waals surface area contributed by atoms with Gasteiger partial charge in [-0.05, 0) is 25.1 Å². The van der Waals surface area contributed by atoms with E-state index in [2.05, 4.69) is 27.8 Å². The van der Waals surface area contributed by atoms with E-state index < -0.39 is 0 Å². The SMILES string of the molecule is C[C@H]1CN(C(=O)c2cccc(C#N)c2)Cc2nnc(-c3ccccc3)n21. The van der Waals surface area contributed by atoms with Gasteiger partial charge < -0.3 is 9.47 Å². The fourth-order valence-electron chi connectivity index (χ4n) is 3.37. The van der Waals surface area contributed by atoms with E-state index in [0.29, 0.717) is 24.2 Å². The van der Waals surface area contributed by atoms with Gasteiger partial charge in [0.2, 0.25) is 0 Å². The van der Waals surface area contributed by atoms with Crippen LogP contribution in [0.5, 0.6) is 0 Å². The molecule has 26 heavy (non-hydrogen) atoms. The Morgan fingerprint density at radius 3 is 2.73 bits per heavy atom. The van der Waals surface area contributed by atoms with Crippen molar-refractivity contribution in [1.82, 2.24) is 19.7 Å². The summed E-state index contributed by atoms with van der Waals surface area (Å²) in [7, 11) is 0. The molecule has 3 aromatic rings. The van der Waals surface area contributed by atoms with E-state index in [1.807, 2.05) is 30.3 Å². The summed E-state index contributed by atoms with van der Waals surface area (Å²) >= 11 is 0. The number of nitriles is 1. The van der Waals surface area contributed by atoms with Crippen LogP contribution < -0.4 is 0 Å². The number of nitrogens with zero attached hydrogens (tertiary/aromatic N) is 5. The van der Waals surface area contributed by atoms with Gasteiger partial charge in [0, 0.05) is 17.7 Å². The summed E-state index contributed by atoms with van der Waals surface area (Å²) in [6, 6.07) is 18.9. The first-order chi connectivity index (χ1) is 12.7. The van der Waals surface area contributed by atoms with Crippen LogP contribution in [0.3, 0.4) is 0 Å². The largest absolute Gasteiger partial charge is 0.329 e. The van der Waals surface area contributed by atoms with E-state index in [4.69, 9.17) is 5.26 Å². The van der Waals surface area contributed by atoms with Gasteiger partial charge in [0.1, 0.15) is 0 Å². The van der Waals surface area contributed by atoms with E-state index in [1.165, 1.54) is 0 Å². The van der Waals surface area contributed by atoms with Crippen LogP contribution in [0.2, 0.25) is 0 Å². The molecule has 4 rings (SSSR count). The van der Waals surface area contributed by atoms with Crippen molar-refractivity contribution in [3.8, 4) is 17.5 Å². The highest BCUT2D eigenvalue weighted by Crippen LogP contribution is 2.28. The summed E-state index contributed by atoms with van der Waals surface area (Å²) in [4.78, 5) is 14.6. The van der Waals surface area contributed by atoms with E-state index in [0.717, 1.165) is 17.2 Å². The van der Waals surface area contributed by atoms with Gasteiger partial charge in [0.15, 0.2) is 11.6 Å².